The minimum Gasteiger partial charge on any atom is -0.383 e. The Morgan fingerprint density at radius 1 is 1.19 bits per heavy atom. The van der Waals surface area contributed by atoms with E-state index in [4.69, 9.17) is 5.73 Å². The van der Waals surface area contributed by atoms with E-state index in [9.17, 15) is 14.4 Å². The molecule has 0 saturated heterocycles. The topological polar surface area (TPSA) is 114 Å². The van der Waals surface area contributed by atoms with E-state index in [1.54, 1.807) is 23.6 Å². The third-order valence-corrected chi connectivity index (χ3v) is 6.29. The third kappa shape index (κ3) is 4.07. The van der Waals surface area contributed by atoms with E-state index in [1.165, 1.54) is 20.8 Å². The first-order valence-corrected chi connectivity index (χ1v) is 11.3. The molecule has 0 unspecified atom stereocenters. The second-order valence-electron chi connectivity index (χ2n) is 6.66. The highest BCUT2D eigenvalue weighted by atomic mass is 32.1. The zero-order valence-corrected chi connectivity index (χ0v) is 18.2. The molecule has 0 aliphatic carbocycles. The van der Waals surface area contributed by atoms with Gasteiger partial charge >= 0.3 is 5.69 Å². The van der Waals surface area contributed by atoms with Gasteiger partial charge in [-0.2, -0.15) is 11.3 Å². The lowest BCUT2D eigenvalue weighted by atomic mass is 10.2. The van der Waals surface area contributed by atoms with Crippen molar-refractivity contribution in [2.75, 3.05) is 17.2 Å². The van der Waals surface area contributed by atoms with E-state index in [0.29, 0.717) is 0 Å². The normalized spacial score (nSPS) is 10.9. The Morgan fingerprint density at radius 3 is 2.65 bits per heavy atom. The van der Waals surface area contributed by atoms with Crippen molar-refractivity contribution in [2.45, 2.75) is 13.5 Å². The maximum atomic E-state index is 13.2. The molecular weight excluding hydrogens is 434 g/mol. The Bertz CT molecular complexity index is 1320. The highest BCUT2D eigenvalue weighted by Crippen LogP contribution is 2.27. The van der Waals surface area contributed by atoms with Crippen molar-refractivity contribution in [3.05, 3.63) is 84.6 Å². The number of carbonyl (C=O) groups is 1. The fourth-order valence-corrected chi connectivity index (χ4v) is 4.70. The van der Waals surface area contributed by atoms with Gasteiger partial charge in [0.15, 0.2) is 5.69 Å². The lowest BCUT2D eigenvalue weighted by Crippen LogP contribution is -2.41. The maximum absolute atomic E-state index is 13.2. The number of thiazole rings is 1. The summed E-state index contributed by atoms with van der Waals surface area (Å²) in [5.41, 5.74) is 6.82. The molecule has 0 aliphatic heterocycles. The maximum Gasteiger partial charge on any atom is 0.330 e. The van der Waals surface area contributed by atoms with Crippen LogP contribution in [-0.2, 0) is 6.54 Å². The van der Waals surface area contributed by atoms with E-state index in [0.717, 1.165) is 16.1 Å². The molecule has 3 aromatic heterocycles. The highest BCUT2D eigenvalue weighted by molar-refractivity contribution is 7.14. The van der Waals surface area contributed by atoms with Crippen LogP contribution >= 0.6 is 22.7 Å². The molecule has 3 N–H and O–H groups in total. The van der Waals surface area contributed by atoms with Crippen LogP contribution in [0.15, 0.2) is 62.1 Å². The van der Waals surface area contributed by atoms with Crippen molar-refractivity contribution in [2.24, 2.45) is 0 Å². The smallest absolute Gasteiger partial charge is 0.330 e. The van der Waals surface area contributed by atoms with Gasteiger partial charge in [-0.1, -0.05) is 30.3 Å². The van der Waals surface area contributed by atoms with Crippen LogP contribution in [0.2, 0.25) is 0 Å². The van der Waals surface area contributed by atoms with Crippen LogP contribution in [0.3, 0.4) is 0 Å². The zero-order valence-electron chi connectivity index (χ0n) is 16.6. The number of nitrogens with one attached hydrogen (secondary N) is 1. The number of nitrogens with two attached hydrogens (primary N) is 1. The summed E-state index contributed by atoms with van der Waals surface area (Å²) < 4.78 is 1.25. The van der Waals surface area contributed by atoms with E-state index < -0.39 is 17.2 Å². The number of hydrogen-bond donors (Lipinski definition) is 2. The lowest BCUT2D eigenvalue weighted by Gasteiger charge is -2.22. The number of nitrogens with zero attached hydrogens (tertiary/aromatic N) is 3. The number of aromatic amines is 1. The lowest BCUT2D eigenvalue weighted by molar-refractivity contribution is 0.0984. The summed E-state index contributed by atoms with van der Waals surface area (Å²) >= 11 is 2.89. The van der Waals surface area contributed by atoms with Gasteiger partial charge in [0.1, 0.15) is 16.5 Å². The average Bonchev–Trinajstić information content (AvgIpc) is 3.46. The first-order chi connectivity index (χ1) is 15.0. The Kier molecular flexibility index (Phi) is 5.83. The number of rotatable bonds is 6. The van der Waals surface area contributed by atoms with Crippen LogP contribution in [0.1, 0.15) is 23.0 Å². The van der Waals surface area contributed by atoms with Gasteiger partial charge in [0.25, 0.3) is 11.5 Å². The van der Waals surface area contributed by atoms with Crippen LogP contribution in [0.4, 0.5) is 11.5 Å². The van der Waals surface area contributed by atoms with Crippen molar-refractivity contribution in [3.8, 4) is 10.6 Å². The molecule has 0 atom stereocenters. The van der Waals surface area contributed by atoms with E-state index in [1.807, 2.05) is 47.2 Å². The molecule has 0 spiro atoms. The number of carbonyl (C=O) groups excluding carboxylic acids is 1. The average molecular weight is 454 g/mol. The molecule has 8 nitrogen and oxygen atoms in total. The predicted octanol–water partition coefficient (Wildman–Crippen LogP) is 3.02. The molecular formula is C21H19N5O3S2. The first kappa shape index (κ1) is 20.8. The van der Waals surface area contributed by atoms with Gasteiger partial charge in [-0.05, 0) is 23.9 Å². The van der Waals surface area contributed by atoms with Gasteiger partial charge in [0.05, 0.1) is 6.54 Å². The van der Waals surface area contributed by atoms with Gasteiger partial charge < -0.3 is 5.73 Å². The quantitative estimate of drug-likeness (QED) is 0.466. The molecule has 0 aliphatic rings. The second kappa shape index (κ2) is 8.70. The molecule has 1 aromatic carbocycles. The van der Waals surface area contributed by atoms with Crippen LogP contribution in [-0.4, -0.2) is 27.0 Å². The van der Waals surface area contributed by atoms with E-state index in [-0.39, 0.29) is 30.3 Å². The summed E-state index contributed by atoms with van der Waals surface area (Å²) in [7, 11) is 0. The molecule has 10 heteroatoms. The molecule has 0 saturated carbocycles. The van der Waals surface area contributed by atoms with Crippen LogP contribution < -0.4 is 21.9 Å². The molecule has 158 valence electrons. The summed E-state index contributed by atoms with van der Waals surface area (Å²) in [5, 5.41) is 6.26. The molecule has 0 fully saturated rings. The summed E-state index contributed by atoms with van der Waals surface area (Å²) in [6, 6.07) is 11.2. The molecule has 4 rings (SSSR count). The Balaban J connectivity index is 1.73. The Morgan fingerprint density at radius 2 is 1.97 bits per heavy atom. The summed E-state index contributed by atoms with van der Waals surface area (Å²) in [6.45, 7) is 2.08. The van der Waals surface area contributed by atoms with Gasteiger partial charge in [-0.3, -0.25) is 24.0 Å². The van der Waals surface area contributed by atoms with Crippen LogP contribution in [0, 0.1) is 0 Å². The summed E-state index contributed by atoms with van der Waals surface area (Å²) in [5.74, 6) is -0.525. The van der Waals surface area contributed by atoms with Gasteiger partial charge in [0, 0.05) is 22.9 Å². The Labute approximate surface area is 185 Å². The SMILES string of the molecule is CCN(C(=O)c1csc(-c2ccsc2)n1)c1c(N)n(Cc2ccccc2)c(=O)[nH]c1=O. The van der Waals surface area contributed by atoms with Crippen molar-refractivity contribution in [1.29, 1.82) is 0 Å². The molecule has 3 heterocycles. The second-order valence-corrected chi connectivity index (χ2v) is 8.30. The number of amides is 1. The predicted molar refractivity (Wildman–Crippen MR) is 124 cm³/mol. The van der Waals surface area contributed by atoms with E-state index >= 15 is 0 Å². The van der Waals surface area contributed by atoms with E-state index in [2.05, 4.69) is 9.97 Å². The van der Waals surface area contributed by atoms with Crippen LogP contribution in [0.5, 0.6) is 0 Å². The zero-order chi connectivity index (χ0) is 22.0. The molecule has 1 amide bonds. The Hall–Kier alpha value is -3.50. The fourth-order valence-electron chi connectivity index (χ4n) is 3.19. The molecule has 31 heavy (non-hydrogen) atoms. The molecule has 0 radical (unpaired) electrons. The minimum atomic E-state index is -0.713. The number of nitrogen functional groups attached to an aromatic ring is 1. The van der Waals surface area contributed by atoms with Crippen molar-refractivity contribution in [1.82, 2.24) is 14.5 Å². The number of aromatic nitrogens is 3. The molecule has 4 aromatic rings. The first-order valence-electron chi connectivity index (χ1n) is 9.46. The van der Waals surface area contributed by atoms with Gasteiger partial charge in [-0.25, -0.2) is 9.78 Å². The van der Waals surface area contributed by atoms with Gasteiger partial charge in [-0.15, -0.1) is 11.3 Å². The summed E-state index contributed by atoms with van der Waals surface area (Å²) in [6.07, 6.45) is 0. The third-order valence-electron chi connectivity index (χ3n) is 4.72. The molecule has 0 bridgehead atoms. The fraction of sp³-hybridized carbons (Fsp3) is 0.143. The van der Waals surface area contributed by atoms with Gasteiger partial charge in [0.2, 0.25) is 0 Å². The van der Waals surface area contributed by atoms with Crippen LogP contribution in [0.25, 0.3) is 10.6 Å². The minimum absolute atomic E-state index is 0.0619. The number of benzene rings is 1. The monoisotopic (exact) mass is 453 g/mol. The summed E-state index contributed by atoms with van der Waals surface area (Å²) in [4.78, 5) is 46.2. The van der Waals surface area contributed by atoms with Crippen molar-refractivity contribution in [3.63, 3.8) is 0 Å². The number of H-pyrrole nitrogens is 1. The highest BCUT2D eigenvalue weighted by Gasteiger charge is 2.26. The number of thiophene rings is 1. The largest absolute Gasteiger partial charge is 0.383 e. The van der Waals surface area contributed by atoms with Crippen molar-refractivity contribution >= 4 is 40.1 Å². The number of hydrogen-bond acceptors (Lipinski definition) is 7. The number of anilines is 2. The standard InChI is InChI=1S/C21H19N5O3S2/c1-2-25(20(28)15-12-31-19(23-15)14-8-9-30-11-14)16-17(22)26(21(29)24-18(16)27)10-13-6-4-3-5-7-13/h3-9,11-12H,2,10,22H2,1H3,(H,24,27,29). The van der Waals surface area contributed by atoms with Crippen molar-refractivity contribution < 1.29 is 4.79 Å².